The highest BCUT2D eigenvalue weighted by Gasteiger charge is 2.29. The van der Waals surface area contributed by atoms with Crippen LogP contribution in [0.25, 0.3) is 0 Å². The lowest BCUT2D eigenvalue weighted by Gasteiger charge is -2.14. The zero-order valence-corrected chi connectivity index (χ0v) is 16.5. The van der Waals surface area contributed by atoms with Gasteiger partial charge in [0.25, 0.3) is 5.91 Å². The Morgan fingerprint density at radius 1 is 1.07 bits per heavy atom. The van der Waals surface area contributed by atoms with Gasteiger partial charge in [-0.25, -0.2) is 4.79 Å². The molecule has 1 atom stereocenters. The third-order valence-corrected chi connectivity index (χ3v) is 4.74. The van der Waals surface area contributed by atoms with Crippen molar-refractivity contribution in [1.82, 2.24) is 4.57 Å². The van der Waals surface area contributed by atoms with E-state index in [2.05, 4.69) is 15.2 Å². The van der Waals surface area contributed by atoms with E-state index in [0.717, 1.165) is 24.2 Å². The minimum absolute atomic E-state index is 0.168. The number of ether oxygens (including phenoxy) is 1. The largest absolute Gasteiger partial charge is 0.449 e. The van der Waals surface area contributed by atoms with Gasteiger partial charge in [0.2, 0.25) is 5.91 Å². The van der Waals surface area contributed by atoms with E-state index in [0.29, 0.717) is 23.0 Å². The number of nitrogens with one attached hydrogen (secondary N) is 2. The van der Waals surface area contributed by atoms with E-state index in [-0.39, 0.29) is 5.91 Å². The molecule has 0 bridgehead atoms. The van der Waals surface area contributed by atoms with E-state index < -0.39 is 18.0 Å². The Balaban J connectivity index is 1.60. The number of hydrogen-bond acceptors (Lipinski definition) is 4. The van der Waals surface area contributed by atoms with E-state index in [9.17, 15) is 14.4 Å². The third-order valence-electron chi connectivity index (χ3n) is 4.74. The van der Waals surface area contributed by atoms with Crippen LogP contribution in [-0.4, -0.2) is 28.5 Å². The fourth-order valence-electron chi connectivity index (χ4n) is 3.24. The molecule has 1 aliphatic carbocycles. The summed E-state index contributed by atoms with van der Waals surface area (Å²) in [4.78, 5) is 35.9. The lowest BCUT2D eigenvalue weighted by Crippen LogP contribution is -2.30. The molecule has 28 heavy (non-hydrogen) atoms. The Labute approximate surface area is 164 Å². The van der Waals surface area contributed by atoms with Crippen LogP contribution in [0.2, 0.25) is 0 Å². The van der Waals surface area contributed by atoms with Gasteiger partial charge in [-0.3, -0.25) is 9.59 Å². The van der Waals surface area contributed by atoms with E-state index >= 15 is 0 Å². The maximum atomic E-state index is 12.5. The van der Waals surface area contributed by atoms with Crippen LogP contribution >= 0.6 is 0 Å². The second kappa shape index (κ2) is 7.88. The highest BCUT2D eigenvalue weighted by atomic mass is 16.5. The molecule has 2 N–H and O–H groups in total. The van der Waals surface area contributed by atoms with Crippen LogP contribution in [0.1, 0.15) is 54.5 Å². The first kappa shape index (κ1) is 19.7. The van der Waals surface area contributed by atoms with Gasteiger partial charge in [0, 0.05) is 35.7 Å². The van der Waals surface area contributed by atoms with Crippen molar-refractivity contribution in [3.05, 3.63) is 47.3 Å². The predicted octanol–water partition coefficient (Wildman–Crippen LogP) is 3.58. The van der Waals surface area contributed by atoms with Crippen LogP contribution in [0, 0.1) is 13.8 Å². The molecule has 1 heterocycles. The fourth-order valence-corrected chi connectivity index (χ4v) is 3.24. The van der Waals surface area contributed by atoms with Gasteiger partial charge >= 0.3 is 5.97 Å². The number of carbonyl (C=O) groups is 3. The van der Waals surface area contributed by atoms with Crippen molar-refractivity contribution in [1.29, 1.82) is 0 Å². The molecule has 0 unspecified atom stereocenters. The van der Waals surface area contributed by atoms with Gasteiger partial charge in [-0.1, -0.05) is 0 Å². The highest BCUT2D eigenvalue weighted by molar-refractivity contribution is 5.98. The zero-order valence-electron chi connectivity index (χ0n) is 16.5. The van der Waals surface area contributed by atoms with Crippen LogP contribution < -0.4 is 10.6 Å². The molecular weight excluding hydrogens is 358 g/mol. The van der Waals surface area contributed by atoms with Crippen molar-refractivity contribution in [3.8, 4) is 0 Å². The summed E-state index contributed by atoms with van der Waals surface area (Å²) in [6, 6.07) is 8.99. The summed E-state index contributed by atoms with van der Waals surface area (Å²) in [6.07, 6.45) is 1.32. The Kier molecular flexibility index (Phi) is 5.53. The van der Waals surface area contributed by atoms with Crippen molar-refractivity contribution in [2.45, 2.75) is 52.7 Å². The smallest absolute Gasteiger partial charge is 0.340 e. The topological polar surface area (TPSA) is 89.4 Å². The molecule has 2 amide bonds. The number of benzene rings is 1. The summed E-state index contributed by atoms with van der Waals surface area (Å²) in [5.74, 6) is -1.08. The lowest BCUT2D eigenvalue weighted by atomic mass is 10.2. The normalized spacial score (nSPS) is 14.3. The van der Waals surface area contributed by atoms with Crippen molar-refractivity contribution < 1.29 is 19.1 Å². The number of nitrogens with zero attached hydrogens (tertiary/aromatic N) is 1. The quantitative estimate of drug-likeness (QED) is 0.746. The molecule has 1 aromatic heterocycles. The minimum atomic E-state index is -0.938. The first-order chi connectivity index (χ1) is 13.3. The minimum Gasteiger partial charge on any atom is -0.449 e. The second-order valence-electron chi connectivity index (χ2n) is 7.18. The zero-order chi connectivity index (χ0) is 20.4. The highest BCUT2D eigenvalue weighted by Crippen LogP contribution is 2.38. The summed E-state index contributed by atoms with van der Waals surface area (Å²) >= 11 is 0. The molecule has 1 aromatic carbocycles. The summed E-state index contributed by atoms with van der Waals surface area (Å²) in [7, 11) is 0. The monoisotopic (exact) mass is 383 g/mol. The molecule has 1 fully saturated rings. The molecule has 148 valence electrons. The summed E-state index contributed by atoms with van der Waals surface area (Å²) in [6.45, 7) is 6.85. The molecular formula is C21H25N3O4. The molecule has 7 heteroatoms. The summed E-state index contributed by atoms with van der Waals surface area (Å²) in [5.41, 5.74) is 3.60. The van der Waals surface area contributed by atoms with Gasteiger partial charge < -0.3 is 19.9 Å². The number of anilines is 2. The molecule has 0 saturated heterocycles. The maximum Gasteiger partial charge on any atom is 0.340 e. The van der Waals surface area contributed by atoms with Crippen LogP contribution in [0.4, 0.5) is 11.4 Å². The molecule has 0 radical (unpaired) electrons. The van der Waals surface area contributed by atoms with Gasteiger partial charge in [-0.05, 0) is 63.9 Å². The van der Waals surface area contributed by atoms with Gasteiger partial charge in [-0.2, -0.15) is 0 Å². The van der Waals surface area contributed by atoms with Crippen molar-refractivity contribution in [2.75, 3.05) is 10.6 Å². The van der Waals surface area contributed by atoms with E-state index in [1.807, 2.05) is 19.9 Å². The number of esters is 1. The van der Waals surface area contributed by atoms with Crippen LogP contribution in [0.15, 0.2) is 30.3 Å². The van der Waals surface area contributed by atoms with Gasteiger partial charge in [0.1, 0.15) is 0 Å². The summed E-state index contributed by atoms with van der Waals surface area (Å²) < 4.78 is 7.54. The van der Waals surface area contributed by atoms with Gasteiger partial charge in [0.15, 0.2) is 6.10 Å². The second-order valence-corrected chi connectivity index (χ2v) is 7.18. The molecule has 1 aliphatic rings. The molecule has 0 spiro atoms. The summed E-state index contributed by atoms with van der Waals surface area (Å²) in [5, 5.41) is 5.36. The predicted molar refractivity (Wildman–Crippen MR) is 106 cm³/mol. The molecule has 3 rings (SSSR count). The van der Waals surface area contributed by atoms with Crippen molar-refractivity contribution in [2.24, 2.45) is 0 Å². The maximum absolute atomic E-state index is 12.5. The first-order valence-corrected chi connectivity index (χ1v) is 9.34. The number of carbonyl (C=O) groups excluding carboxylic acids is 3. The molecule has 2 aromatic rings. The van der Waals surface area contributed by atoms with Crippen LogP contribution in [-0.2, 0) is 14.3 Å². The van der Waals surface area contributed by atoms with E-state index in [4.69, 9.17) is 4.74 Å². The van der Waals surface area contributed by atoms with Gasteiger partial charge in [0.05, 0.1) is 5.56 Å². The van der Waals surface area contributed by atoms with Crippen molar-refractivity contribution in [3.63, 3.8) is 0 Å². The third kappa shape index (κ3) is 4.42. The average molecular weight is 383 g/mol. The number of aryl methyl sites for hydroxylation is 1. The van der Waals surface area contributed by atoms with Crippen LogP contribution in [0.3, 0.4) is 0 Å². The Morgan fingerprint density at radius 3 is 2.18 bits per heavy atom. The first-order valence-electron chi connectivity index (χ1n) is 9.34. The lowest BCUT2D eigenvalue weighted by molar-refractivity contribution is -0.123. The van der Waals surface area contributed by atoms with Crippen molar-refractivity contribution >= 4 is 29.2 Å². The fraction of sp³-hybridized carbons (Fsp3) is 0.381. The Morgan fingerprint density at radius 2 is 1.64 bits per heavy atom. The molecule has 1 saturated carbocycles. The average Bonchev–Trinajstić information content (AvgIpc) is 3.41. The molecule has 7 nitrogen and oxygen atoms in total. The Bertz CT molecular complexity index is 910. The van der Waals surface area contributed by atoms with E-state index in [1.165, 1.54) is 6.92 Å². The Hall–Kier alpha value is -3.09. The number of amides is 2. The number of aromatic nitrogens is 1. The van der Waals surface area contributed by atoms with Crippen LogP contribution in [0.5, 0.6) is 0 Å². The van der Waals surface area contributed by atoms with E-state index in [1.54, 1.807) is 31.2 Å². The number of hydrogen-bond donors (Lipinski definition) is 2. The number of rotatable bonds is 6. The van der Waals surface area contributed by atoms with Gasteiger partial charge in [-0.15, -0.1) is 0 Å². The molecule has 0 aliphatic heterocycles. The SMILES string of the molecule is CC(=O)Nc1ccc(NC(=O)[C@H](C)OC(=O)c2cc(C)n(C3CC3)c2C)cc1. The standard InChI is InChI=1S/C21H25N3O4/c1-12-11-19(13(2)24(12)18-9-10-18)21(27)28-14(3)20(26)23-17-7-5-16(6-8-17)22-15(4)25/h5-8,11,14,18H,9-10H2,1-4H3,(H,22,25)(H,23,26)/t14-/m0/s1.